The molecule has 2 atom stereocenters. The Kier molecular flexibility index (Phi) is 5.41. The third-order valence-corrected chi connectivity index (χ3v) is 7.97. The predicted octanol–water partition coefficient (Wildman–Crippen LogP) is 3.77. The number of carbonyl (C=O) groups excluding carboxylic acids is 1. The number of amides is 1. The van der Waals surface area contributed by atoms with Crippen molar-refractivity contribution in [3.63, 3.8) is 0 Å². The van der Waals surface area contributed by atoms with Crippen molar-refractivity contribution in [2.24, 2.45) is 5.92 Å². The van der Waals surface area contributed by atoms with Crippen molar-refractivity contribution in [3.8, 4) is 0 Å². The summed E-state index contributed by atoms with van der Waals surface area (Å²) >= 11 is 0. The fourth-order valence-electron chi connectivity index (χ4n) is 6.10. The Morgan fingerprint density at radius 3 is 2.56 bits per heavy atom. The van der Waals surface area contributed by atoms with E-state index < -0.39 is 0 Å². The molecule has 0 saturated carbocycles. The average molecular weight is 457 g/mol. The van der Waals surface area contributed by atoms with Crippen molar-refractivity contribution in [1.29, 1.82) is 0 Å². The predicted molar refractivity (Wildman–Crippen MR) is 136 cm³/mol. The molecule has 2 saturated heterocycles. The normalized spacial score (nSPS) is 23.0. The number of likely N-dealkylation sites (tertiary alicyclic amines) is 2. The third-order valence-electron chi connectivity index (χ3n) is 7.97. The van der Waals surface area contributed by atoms with Crippen LogP contribution in [-0.4, -0.2) is 59.5 Å². The van der Waals surface area contributed by atoms with Crippen molar-refractivity contribution in [2.45, 2.75) is 37.8 Å². The molecule has 1 N–H and O–H groups in total. The molecule has 0 unspecified atom stereocenters. The van der Waals surface area contributed by atoms with E-state index >= 15 is 0 Å². The molecule has 3 aliphatic rings. The maximum atomic E-state index is 13.4. The van der Waals surface area contributed by atoms with Gasteiger partial charge in [-0.15, -0.1) is 0 Å². The Hall–Kier alpha value is -3.12. The fraction of sp³-hybridized carbons (Fsp3) is 0.429. The summed E-state index contributed by atoms with van der Waals surface area (Å²) in [6.45, 7) is 4.20. The minimum absolute atomic E-state index is 0.0943. The summed E-state index contributed by atoms with van der Waals surface area (Å²) in [5, 5.41) is 5.76. The Balaban J connectivity index is 1.21. The van der Waals surface area contributed by atoms with Crippen LogP contribution < -0.4 is 10.9 Å². The zero-order chi connectivity index (χ0) is 23.2. The molecule has 2 aromatic carbocycles. The molecule has 176 valence electrons. The van der Waals surface area contributed by atoms with Crippen LogP contribution >= 0.6 is 0 Å². The van der Waals surface area contributed by atoms with E-state index in [0.717, 1.165) is 60.1 Å². The largest absolute Gasteiger partial charge is 0.378 e. The van der Waals surface area contributed by atoms with Crippen LogP contribution in [0, 0.1) is 5.92 Å². The number of hydrogen-bond acceptors (Lipinski definition) is 4. The zero-order valence-corrected chi connectivity index (χ0v) is 19.7. The molecule has 2 fully saturated rings. The van der Waals surface area contributed by atoms with E-state index in [1.54, 1.807) is 0 Å². The van der Waals surface area contributed by atoms with Crippen molar-refractivity contribution in [3.05, 3.63) is 76.2 Å². The Morgan fingerprint density at radius 1 is 0.941 bits per heavy atom. The monoisotopic (exact) mass is 456 g/mol. The first kappa shape index (κ1) is 21.4. The zero-order valence-electron chi connectivity index (χ0n) is 19.7. The second kappa shape index (κ2) is 8.58. The van der Waals surface area contributed by atoms with E-state index in [9.17, 15) is 9.59 Å². The van der Waals surface area contributed by atoms with Gasteiger partial charge in [-0.1, -0.05) is 30.3 Å². The van der Waals surface area contributed by atoms with Gasteiger partial charge in [0.15, 0.2) is 0 Å². The molecule has 1 aromatic heterocycles. The lowest BCUT2D eigenvalue weighted by Gasteiger charge is -2.43. The van der Waals surface area contributed by atoms with Crippen LogP contribution in [0.25, 0.3) is 10.8 Å². The summed E-state index contributed by atoms with van der Waals surface area (Å²) in [5.74, 6) is 0.616. The van der Waals surface area contributed by atoms with E-state index in [-0.39, 0.29) is 17.4 Å². The van der Waals surface area contributed by atoms with E-state index in [4.69, 9.17) is 0 Å². The molecular formula is C28H32N4O2. The second-order valence-electron chi connectivity index (χ2n) is 10.4. The number of anilines is 1. The van der Waals surface area contributed by atoms with Gasteiger partial charge < -0.3 is 19.7 Å². The average Bonchev–Trinajstić information content (AvgIpc) is 2.86. The molecule has 3 aliphatic heterocycles. The van der Waals surface area contributed by atoms with Gasteiger partial charge in [-0.05, 0) is 80.4 Å². The van der Waals surface area contributed by atoms with Crippen LogP contribution in [0.15, 0.2) is 59.4 Å². The number of piperidine rings is 2. The van der Waals surface area contributed by atoms with Crippen molar-refractivity contribution in [1.82, 2.24) is 14.4 Å². The first-order valence-electron chi connectivity index (χ1n) is 12.5. The van der Waals surface area contributed by atoms with Gasteiger partial charge in [0.25, 0.3) is 11.5 Å². The molecular weight excluding hydrogens is 424 g/mol. The van der Waals surface area contributed by atoms with E-state index in [1.165, 1.54) is 0 Å². The van der Waals surface area contributed by atoms with E-state index in [0.29, 0.717) is 31.6 Å². The molecule has 34 heavy (non-hydrogen) atoms. The van der Waals surface area contributed by atoms with Gasteiger partial charge in [-0.2, -0.15) is 0 Å². The number of benzene rings is 2. The van der Waals surface area contributed by atoms with Crippen LogP contribution in [0.3, 0.4) is 0 Å². The van der Waals surface area contributed by atoms with Crippen molar-refractivity contribution >= 4 is 22.4 Å². The maximum Gasteiger partial charge on any atom is 0.274 e. The maximum absolute atomic E-state index is 13.4. The molecule has 6 nitrogen and oxygen atoms in total. The van der Waals surface area contributed by atoms with Gasteiger partial charge in [0.2, 0.25) is 0 Å². The summed E-state index contributed by atoms with van der Waals surface area (Å²) < 4.78 is 1.98. The molecule has 0 spiro atoms. The number of pyridine rings is 1. The molecule has 6 rings (SSSR count). The Morgan fingerprint density at radius 2 is 1.74 bits per heavy atom. The smallest absolute Gasteiger partial charge is 0.274 e. The van der Waals surface area contributed by atoms with Gasteiger partial charge in [-0.25, -0.2) is 0 Å². The van der Waals surface area contributed by atoms with Gasteiger partial charge in [-0.3, -0.25) is 9.59 Å². The molecule has 2 bridgehead atoms. The van der Waals surface area contributed by atoms with Crippen LogP contribution in [0.1, 0.15) is 41.2 Å². The summed E-state index contributed by atoms with van der Waals surface area (Å²) in [6, 6.07) is 18.6. The SMILES string of the molecule is CN1CCC(Nc2ccc3n(c2=O)C[C@H]2C[C@@H]3CN(C(=O)c3ccc4ccccc4c3)C2)CC1. The first-order chi connectivity index (χ1) is 16.5. The number of rotatable bonds is 3. The highest BCUT2D eigenvalue weighted by Gasteiger charge is 2.37. The van der Waals surface area contributed by atoms with Gasteiger partial charge >= 0.3 is 0 Å². The lowest BCUT2D eigenvalue weighted by atomic mass is 9.83. The molecule has 6 heteroatoms. The molecule has 4 heterocycles. The van der Waals surface area contributed by atoms with E-state index in [1.807, 2.05) is 45.9 Å². The highest BCUT2D eigenvalue weighted by Crippen LogP contribution is 2.36. The van der Waals surface area contributed by atoms with Crippen molar-refractivity contribution in [2.75, 3.05) is 38.5 Å². The van der Waals surface area contributed by atoms with E-state index in [2.05, 4.69) is 35.5 Å². The Labute approximate surface area is 200 Å². The Bertz CT molecular complexity index is 1290. The van der Waals surface area contributed by atoms with Crippen LogP contribution in [0.5, 0.6) is 0 Å². The number of fused-ring (bicyclic) bond motifs is 5. The number of aromatic nitrogens is 1. The van der Waals surface area contributed by atoms with Crippen LogP contribution in [-0.2, 0) is 6.54 Å². The minimum Gasteiger partial charge on any atom is -0.378 e. The lowest BCUT2D eigenvalue weighted by Crippen LogP contribution is -2.49. The highest BCUT2D eigenvalue weighted by molar-refractivity contribution is 5.98. The summed E-state index contributed by atoms with van der Waals surface area (Å²) in [7, 11) is 2.15. The number of carbonyl (C=O) groups is 1. The van der Waals surface area contributed by atoms with Gasteiger partial charge in [0, 0.05) is 42.9 Å². The quantitative estimate of drug-likeness (QED) is 0.652. The number of hydrogen-bond donors (Lipinski definition) is 1. The summed E-state index contributed by atoms with van der Waals surface area (Å²) in [5.41, 5.74) is 2.64. The van der Waals surface area contributed by atoms with Crippen molar-refractivity contribution < 1.29 is 4.79 Å². The van der Waals surface area contributed by atoms with Crippen LogP contribution in [0.2, 0.25) is 0 Å². The fourth-order valence-corrected chi connectivity index (χ4v) is 6.10. The molecule has 1 amide bonds. The standard InChI is InChI=1S/C28H32N4O2/c1-30-12-10-24(11-13-30)29-25-8-9-26-23-14-19(17-32(26)28(25)34)16-31(18-23)27(33)22-7-6-20-4-2-3-5-21(20)15-22/h2-9,15,19,23-24,29H,10-14,16-18H2,1H3/t19-,23+/m0/s1. The third kappa shape index (κ3) is 3.90. The first-order valence-corrected chi connectivity index (χ1v) is 12.5. The highest BCUT2D eigenvalue weighted by atomic mass is 16.2. The molecule has 3 aromatic rings. The number of nitrogens with one attached hydrogen (secondary N) is 1. The molecule has 0 aliphatic carbocycles. The number of nitrogens with zero attached hydrogens (tertiary/aromatic N) is 3. The second-order valence-corrected chi connectivity index (χ2v) is 10.4. The van der Waals surface area contributed by atoms with Crippen LogP contribution in [0.4, 0.5) is 5.69 Å². The summed E-state index contributed by atoms with van der Waals surface area (Å²) in [6.07, 6.45) is 3.17. The minimum atomic E-state index is 0.0943. The lowest BCUT2D eigenvalue weighted by molar-refractivity contribution is 0.0595. The topological polar surface area (TPSA) is 57.6 Å². The molecule has 0 radical (unpaired) electrons. The summed E-state index contributed by atoms with van der Waals surface area (Å²) in [4.78, 5) is 31.1. The van der Waals surface area contributed by atoms with Gasteiger partial charge in [0.1, 0.15) is 5.69 Å². The van der Waals surface area contributed by atoms with Gasteiger partial charge in [0.05, 0.1) is 0 Å².